The summed E-state index contributed by atoms with van der Waals surface area (Å²) in [5.74, 6) is 3.21. The van der Waals surface area contributed by atoms with E-state index in [9.17, 15) is 4.79 Å². The van der Waals surface area contributed by atoms with Gasteiger partial charge >= 0.3 is 0 Å². The number of thioether (sulfide) groups is 1. The van der Waals surface area contributed by atoms with Crippen molar-refractivity contribution in [2.75, 3.05) is 19.1 Å². The third-order valence-electron chi connectivity index (χ3n) is 4.81. The van der Waals surface area contributed by atoms with E-state index in [1.54, 1.807) is 0 Å². The van der Waals surface area contributed by atoms with Crippen LogP contribution in [0.15, 0.2) is 18.2 Å². The molecule has 0 spiro atoms. The molecule has 22 heavy (non-hydrogen) atoms. The van der Waals surface area contributed by atoms with Crippen LogP contribution in [-0.4, -0.2) is 29.9 Å². The number of fused-ring (bicyclic) bond motifs is 1. The minimum absolute atomic E-state index is 0.129. The standard InChI is InChI=1S/C17H21NO3S/c19-16(12-4-2-1-3-5-12)18-8-9-22-17(18)13-6-7-14-15(10-13)21-11-20-14/h6-7,10,12,17H,1-5,8-9,11H2. The van der Waals surface area contributed by atoms with Crippen molar-refractivity contribution >= 4 is 17.7 Å². The van der Waals surface area contributed by atoms with E-state index in [4.69, 9.17) is 9.47 Å². The van der Waals surface area contributed by atoms with Crippen molar-refractivity contribution in [1.82, 2.24) is 4.90 Å². The molecule has 1 saturated carbocycles. The van der Waals surface area contributed by atoms with E-state index < -0.39 is 0 Å². The van der Waals surface area contributed by atoms with Crippen molar-refractivity contribution < 1.29 is 14.3 Å². The Morgan fingerprint density at radius 2 is 1.95 bits per heavy atom. The molecule has 1 aliphatic carbocycles. The van der Waals surface area contributed by atoms with Crippen LogP contribution >= 0.6 is 11.8 Å². The molecule has 0 aromatic heterocycles. The summed E-state index contributed by atoms with van der Waals surface area (Å²) in [5.41, 5.74) is 1.15. The fraction of sp³-hybridized carbons (Fsp3) is 0.588. The van der Waals surface area contributed by atoms with Crippen LogP contribution in [0.25, 0.3) is 0 Å². The molecule has 2 heterocycles. The Labute approximate surface area is 135 Å². The number of nitrogens with zero attached hydrogens (tertiary/aromatic N) is 1. The number of hydrogen-bond donors (Lipinski definition) is 0. The predicted octanol–water partition coefficient (Wildman–Crippen LogP) is 3.57. The zero-order valence-electron chi connectivity index (χ0n) is 12.6. The van der Waals surface area contributed by atoms with Crippen LogP contribution in [0.2, 0.25) is 0 Å². The molecule has 2 aliphatic heterocycles. The lowest BCUT2D eigenvalue weighted by atomic mass is 9.88. The Kier molecular flexibility index (Phi) is 3.90. The van der Waals surface area contributed by atoms with E-state index in [0.29, 0.717) is 12.7 Å². The quantitative estimate of drug-likeness (QED) is 0.835. The van der Waals surface area contributed by atoms with E-state index in [1.165, 1.54) is 19.3 Å². The van der Waals surface area contributed by atoms with Crippen LogP contribution in [0, 0.1) is 5.92 Å². The maximum absolute atomic E-state index is 12.9. The first-order valence-corrected chi connectivity index (χ1v) is 9.19. The molecule has 1 aromatic rings. The fourth-order valence-corrected chi connectivity index (χ4v) is 4.88. The molecule has 5 heteroatoms. The van der Waals surface area contributed by atoms with E-state index >= 15 is 0 Å². The van der Waals surface area contributed by atoms with E-state index in [0.717, 1.165) is 42.2 Å². The average Bonchev–Trinajstić information content (AvgIpc) is 3.23. The largest absolute Gasteiger partial charge is 0.454 e. The SMILES string of the molecule is O=C(C1CCCCC1)N1CCSC1c1ccc2c(c1)OCO2. The van der Waals surface area contributed by atoms with Crippen molar-refractivity contribution in [3.05, 3.63) is 23.8 Å². The smallest absolute Gasteiger partial charge is 0.231 e. The topological polar surface area (TPSA) is 38.8 Å². The lowest BCUT2D eigenvalue weighted by Crippen LogP contribution is -2.36. The van der Waals surface area contributed by atoms with Gasteiger partial charge in [-0.25, -0.2) is 0 Å². The first-order valence-electron chi connectivity index (χ1n) is 8.14. The van der Waals surface area contributed by atoms with Gasteiger partial charge in [-0.3, -0.25) is 4.79 Å². The van der Waals surface area contributed by atoms with Gasteiger partial charge in [-0.2, -0.15) is 0 Å². The van der Waals surface area contributed by atoms with Crippen LogP contribution in [0.5, 0.6) is 11.5 Å². The van der Waals surface area contributed by atoms with Gasteiger partial charge in [-0.1, -0.05) is 25.3 Å². The number of amides is 1. The van der Waals surface area contributed by atoms with Crippen LogP contribution in [0.4, 0.5) is 0 Å². The molecular weight excluding hydrogens is 298 g/mol. The number of hydrogen-bond acceptors (Lipinski definition) is 4. The number of benzene rings is 1. The summed E-state index contributed by atoms with van der Waals surface area (Å²) in [6, 6.07) is 6.06. The predicted molar refractivity (Wildman–Crippen MR) is 86.1 cm³/mol. The van der Waals surface area contributed by atoms with Crippen molar-refractivity contribution in [3.63, 3.8) is 0 Å². The summed E-state index contributed by atoms with van der Waals surface area (Å²) in [5, 5.41) is 0.129. The highest BCUT2D eigenvalue weighted by Crippen LogP contribution is 2.43. The van der Waals surface area contributed by atoms with Gasteiger partial charge in [0, 0.05) is 18.2 Å². The molecule has 0 radical (unpaired) electrons. The Hall–Kier alpha value is -1.36. The Morgan fingerprint density at radius 3 is 2.82 bits per heavy atom. The van der Waals surface area contributed by atoms with Crippen molar-refractivity contribution in [3.8, 4) is 11.5 Å². The van der Waals surface area contributed by atoms with Gasteiger partial charge in [0.25, 0.3) is 0 Å². The molecule has 1 unspecified atom stereocenters. The second-order valence-corrected chi connectivity index (χ2v) is 7.39. The maximum atomic E-state index is 12.9. The molecule has 1 amide bonds. The van der Waals surface area contributed by atoms with Crippen LogP contribution < -0.4 is 9.47 Å². The van der Waals surface area contributed by atoms with Crippen LogP contribution in [0.3, 0.4) is 0 Å². The lowest BCUT2D eigenvalue weighted by Gasteiger charge is -2.30. The molecule has 4 rings (SSSR count). The average molecular weight is 319 g/mol. The maximum Gasteiger partial charge on any atom is 0.231 e. The number of rotatable bonds is 2. The molecular formula is C17H21NO3S. The normalized spacial score (nSPS) is 24.7. The van der Waals surface area contributed by atoms with E-state index in [1.807, 2.05) is 23.9 Å². The molecule has 3 aliphatic rings. The molecule has 1 saturated heterocycles. The van der Waals surface area contributed by atoms with Crippen molar-refractivity contribution in [2.24, 2.45) is 5.92 Å². The van der Waals surface area contributed by atoms with E-state index in [2.05, 4.69) is 11.0 Å². The third kappa shape index (κ3) is 2.56. The van der Waals surface area contributed by atoms with Gasteiger partial charge in [0.2, 0.25) is 12.7 Å². The summed E-state index contributed by atoms with van der Waals surface area (Å²) in [4.78, 5) is 15.0. The molecule has 4 nitrogen and oxygen atoms in total. The Morgan fingerprint density at radius 1 is 1.14 bits per heavy atom. The molecule has 0 N–H and O–H groups in total. The highest BCUT2D eigenvalue weighted by atomic mass is 32.2. The molecule has 118 valence electrons. The van der Waals surface area contributed by atoms with Gasteiger partial charge < -0.3 is 14.4 Å². The zero-order valence-corrected chi connectivity index (χ0v) is 13.4. The summed E-state index contributed by atoms with van der Waals surface area (Å²) < 4.78 is 10.9. The second kappa shape index (κ2) is 6.03. The van der Waals surface area contributed by atoms with Gasteiger partial charge in [-0.15, -0.1) is 11.8 Å². The minimum Gasteiger partial charge on any atom is -0.454 e. The van der Waals surface area contributed by atoms with Crippen LogP contribution in [0.1, 0.15) is 43.0 Å². The van der Waals surface area contributed by atoms with Gasteiger partial charge in [-0.05, 0) is 30.5 Å². The first-order chi connectivity index (χ1) is 10.8. The third-order valence-corrected chi connectivity index (χ3v) is 6.07. The second-order valence-electron chi connectivity index (χ2n) is 6.20. The first kappa shape index (κ1) is 14.2. The van der Waals surface area contributed by atoms with Gasteiger partial charge in [0.1, 0.15) is 5.37 Å². The highest BCUT2D eigenvalue weighted by molar-refractivity contribution is 7.99. The minimum atomic E-state index is 0.129. The van der Waals surface area contributed by atoms with E-state index in [-0.39, 0.29) is 11.3 Å². The summed E-state index contributed by atoms with van der Waals surface area (Å²) >= 11 is 1.85. The Bertz CT molecular complexity index is 571. The van der Waals surface area contributed by atoms with Crippen molar-refractivity contribution in [1.29, 1.82) is 0 Å². The summed E-state index contributed by atoms with van der Waals surface area (Å²) in [7, 11) is 0. The molecule has 1 aromatic carbocycles. The lowest BCUT2D eigenvalue weighted by molar-refractivity contribution is -0.136. The van der Waals surface area contributed by atoms with Gasteiger partial charge in [0.05, 0.1) is 0 Å². The Balaban J connectivity index is 1.54. The van der Waals surface area contributed by atoms with Crippen LogP contribution in [-0.2, 0) is 4.79 Å². The number of carbonyl (C=O) groups excluding carboxylic acids is 1. The zero-order chi connectivity index (χ0) is 14.9. The van der Waals surface area contributed by atoms with Gasteiger partial charge in [0.15, 0.2) is 11.5 Å². The number of carbonyl (C=O) groups is 1. The highest BCUT2D eigenvalue weighted by Gasteiger charge is 2.35. The fourth-order valence-electron chi connectivity index (χ4n) is 3.62. The molecule has 0 bridgehead atoms. The monoisotopic (exact) mass is 319 g/mol. The summed E-state index contributed by atoms with van der Waals surface area (Å²) in [6.45, 7) is 1.15. The molecule has 2 fully saturated rings. The molecule has 1 atom stereocenters. The van der Waals surface area contributed by atoms with Crippen molar-refractivity contribution in [2.45, 2.75) is 37.5 Å². The summed E-state index contributed by atoms with van der Waals surface area (Å²) in [6.07, 6.45) is 5.81. The number of ether oxygens (including phenoxy) is 2.